The van der Waals surface area contributed by atoms with E-state index in [1.165, 1.54) is 7.11 Å². The Labute approximate surface area is 113 Å². The predicted molar refractivity (Wildman–Crippen MR) is 70.5 cm³/mol. The summed E-state index contributed by atoms with van der Waals surface area (Å²) in [6.07, 6.45) is 1.42. The van der Waals surface area contributed by atoms with Crippen LogP contribution in [0.4, 0.5) is 5.69 Å². The van der Waals surface area contributed by atoms with E-state index in [0.717, 1.165) is 0 Å². The van der Waals surface area contributed by atoms with Crippen molar-refractivity contribution in [2.45, 2.75) is 18.4 Å². The van der Waals surface area contributed by atoms with Gasteiger partial charge >= 0.3 is 0 Å². The van der Waals surface area contributed by atoms with Gasteiger partial charge in [-0.2, -0.15) is 0 Å². The molecule has 1 aliphatic rings. The van der Waals surface area contributed by atoms with Crippen LogP contribution in [-0.2, 0) is 4.79 Å². The van der Waals surface area contributed by atoms with Crippen LogP contribution >= 0.6 is 27.5 Å². The normalized spacial score (nSPS) is 16.5. The number of carbonyl (C=O) groups is 1. The van der Waals surface area contributed by atoms with Gasteiger partial charge in [0.25, 0.3) is 0 Å². The van der Waals surface area contributed by atoms with Gasteiger partial charge in [0.1, 0.15) is 0 Å². The van der Waals surface area contributed by atoms with Crippen LogP contribution in [0.3, 0.4) is 0 Å². The summed E-state index contributed by atoms with van der Waals surface area (Å²) < 4.78 is 5.89. The lowest BCUT2D eigenvalue weighted by Crippen LogP contribution is -2.37. The van der Waals surface area contributed by atoms with Gasteiger partial charge in [-0.3, -0.25) is 4.79 Å². The van der Waals surface area contributed by atoms with Crippen molar-refractivity contribution in [2.24, 2.45) is 5.73 Å². The molecule has 1 fully saturated rings. The second kappa shape index (κ2) is 4.48. The highest BCUT2D eigenvalue weighted by molar-refractivity contribution is 9.10. The molecule has 6 heteroatoms. The summed E-state index contributed by atoms with van der Waals surface area (Å²) >= 11 is 9.25. The molecule has 1 aromatic carbocycles. The number of benzene rings is 1. The number of carbonyl (C=O) groups excluding carboxylic acids is 1. The molecule has 1 aromatic rings. The van der Waals surface area contributed by atoms with Gasteiger partial charge in [0.15, 0.2) is 5.75 Å². The highest BCUT2D eigenvalue weighted by Gasteiger charge is 2.46. The lowest BCUT2D eigenvalue weighted by atomic mass is 10.2. The Morgan fingerprint density at radius 3 is 2.76 bits per heavy atom. The topological polar surface area (TPSA) is 64.3 Å². The van der Waals surface area contributed by atoms with Crippen molar-refractivity contribution in [3.63, 3.8) is 0 Å². The number of amides is 1. The third-order valence-corrected chi connectivity index (χ3v) is 3.51. The minimum absolute atomic E-state index is 0.204. The van der Waals surface area contributed by atoms with Gasteiger partial charge in [-0.15, -0.1) is 0 Å². The minimum Gasteiger partial charge on any atom is -0.493 e. The number of hydrogen-bond donors (Lipinski definition) is 2. The van der Waals surface area contributed by atoms with E-state index in [1.54, 1.807) is 12.1 Å². The minimum atomic E-state index is -0.722. The Balaban J connectivity index is 2.28. The molecule has 0 unspecified atom stereocenters. The fourth-order valence-electron chi connectivity index (χ4n) is 1.47. The van der Waals surface area contributed by atoms with Gasteiger partial charge in [0.05, 0.1) is 22.8 Å². The van der Waals surface area contributed by atoms with Crippen LogP contribution in [0.5, 0.6) is 5.75 Å². The first-order valence-corrected chi connectivity index (χ1v) is 6.27. The monoisotopic (exact) mass is 318 g/mol. The zero-order valence-electron chi connectivity index (χ0n) is 9.22. The molecule has 0 radical (unpaired) electrons. The number of nitrogens with one attached hydrogen (secondary N) is 1. The zero-order valence-corrected chi connectivity index (χ0v) is 11.6. The van der Waals surface area contributed by atoms with E-state index in [9.17, 15) is 4.79 Å². The maximum absolute atomic E-state index is 11.8. The third-order valence-electron chi connectivity index (χ3n) is 2.70. The van der Waals surface area contributed by atoms with Crippen LogP contribution in [-0.4, -0.2) is 18.6 Å². The maximum atomic E-state index is 11.8. The average molecular weight is 320 g/mol. The predicted octanol–water partition coefficient (Wildman–Crippen LogP) is 2.54. The van der Waals surface area contributed by atoms with Gasteiger partial charge in [-0.05, 0) is 40.9 Å². The molecular weight excluding hydrogens is 307 g/mol. The first kappa shape index (κ1) is 12.7. The third kappa shape index (κ3) is 2.56. The molecule has 0 heterocycles. The van der Waals surface area contributed by atoms with E-state index in [4.69, 9.17) is 22.1 Å². The van der Waals surface area contributed by atoms with E-state index in [0.29, 0.717) is 33.8 Å². The molecule has 0 atom stereocenters. The van der Waals surface area contributed by atoms with Gasteiger partial charge < -0.3 is 15.8 Å². The zero-order chi connectivity index (χ0) is 12.6. The smallest absolute Gasteiger partial charge is 0.244 e. The van der Waals surface area contributed by atoms with E-state index in [2.05, 4.69) is 21.2 Å². The van der Waals surface area contributed by atoms with Gasteiger partial charge in [-0.25, -0.2) is 0 Å². The molecule has 1 saturated carbocycles. The van der Waals surface area contributed by atoms with Gasteiger partial charge in [-0.1, -0.05) is 11.6 Å². The Morgan fingerprint density at radius 2 is 2.24 bits per heavy atom. The molecule has 1 amide bonds. The number of anilines is 1. The number of methoxy groups -OCH3 is 1. The summed E-state index contributed by atoms with van der Waals surface area (Å²) in [5.74, 6) is 0.331. The molecule has 17 heavy (non-hydrogen) atoms. The highest BCUT2D eigenvalue weighted by atomic mass is 79.9. The Morgan fingerprint density at radius 1 is 1.59 bits per heavy atom. The molecule has 2 rings (SSSR count). The van der Waals surface area contributed by atoms with Crippen LogP contribution < -0.4 is 15.8 Å². The molecule has 0 bridgehead atoms. The molecule has 1 aliphatic carbocycles. The lowest BCUT2D eigenvalue weighted by molar-refractivity contribution is -0.118. The number of ether oxygens (including phenoxy) is 1. The standard InChI is InChI=1S/C11H12BrClN2O2/c1-17-9-7(12)4-6(13)5-8(9)15-10(16)11(14)2-3-11/h4-5H,2-3,14H2,1H3,(H,15,16). The Kier molecular flexibility index (Phi) is 3.34. The molecule has 3 N–H and O–H groups in total. The summed E-state index contributed by atoms with van der Waals surface area (Å²) in [5.41, 5.74) is 5.61. The molecule has 0 spiro atoms. The van der Waals surface area contributed by atoms with Crippen molar-refractivity contribution in [1.82, 2.24) is 0 Å². The molecule has 0 aromatic heterocycles. The van der Waals surface area contributed by atoms with Crippen molar-refractivity contribution in [1.29, 1.82) is 0 Å². The quantitative estimate of drug-likeness (QED) is 0.900. The fraction of sp³-hybridized carbons (Fsp3) is 0.364. The van der Waals surface area contributed by atoms with Crippen LogP contribution in [0.2, 0.25) is 5.02 Å². The van der Waals surface area contributed by atoms with E-state index >= 15 is 0 Å². The number of rotatable bonds is 3. The first-order valence-electron chi connectivity index (χ1n) is 5.09. The van der Waals surface area contributed by atoms with Gasteiger partial charge in [0, 0.05) is 5.02 Å². The first-order chi connectivity index (χ1) is 7.96. The largest absolute Gasteiger partial charge is 0.493 e. The van der Waals surface area contributed by atoms with Crippen LogP contribution in [0.15, 0.2) is 16.6 Å². The van der Waals surface area contributed by atoms with Crippen molar-refractivity contribution in [3.8, 4) is 5.75 Å². The number of hydrogen-bond acceptors (Lipinski definition) is 3. The highest BCUT2D eigenvalue weighted by Crippen LogP contribution is 2.38. The molecule has 92 valence electrons. The van der Waals surface area contributed by atoms with Crippen molar-refractivity contribution < 1.29 is 9.53 Å². The SMILES string of the molecule is COc1c(Br)cc(Cl)cc1NC(=O)C1(N)CC1. The summed E-state index contributed by atoms with van der Waals surface area (Å²) in [6, 6.07) is 3.33. The number of halogens is 2. The second-order valence-electron chi connectivity index (χ2n) is 4.08. The maximum Gasteiger partial charge on any atom is 0.244 e. The summed E-state index contributed by atoms with van der Waals surface area (Å²) in [4.78, 5) is 11.8. The number of nitrogens with two attached hydrogens (primary N) is 1. The fourth-order valence-corrected chi connectivity index (χ4v) is 2.44. The van der Waals surface area contributed by atoms with Crippen LogP contribution in [0, 0.1) is 0 Å². The lowest BCUT2D eigenvalue weighted by Gasteiger charge is -2.14. The van der Waals surface area contributed by atoms with Crippen molar-refractivity contribution >= 4 is 39.1 Å². The van der Waals surface area contributed by atoms with E-state index in [1.807, 2.05) is 0 Å². The van der Waals surface area contributed by atoms with E-state index in [-0.39, 0.29) is 5.91 Å². The summed E-state index contributed by atoms with van der Waals surface area (Å²) in [7, 11) is 1.53. The molecule has 0 saturated heterocycles. The molecule has 0 aliphatic heterocycles. The van der Waals surface area contributed by atoms with Crippen LogP contribution in [0.1, 0.15) is 12.8 Å². The second-order valence-corrected chi connectivity index (χ2v) is 5.37. The molecular formula is C11H12BrClN2O2. The Hall–Kier alpha value is -0.780. The molecule has 4 nitrogen and oxygen atoms in total. The van der Waals surface area contributed by atoms with Crippen molar-refractivity contribution in [3.05, 3.63) is 21.6 Å². The summed E-state index contributed by atoms with van der Waals surface area (Å²) in [5, 5.41) is 3.25. The summed E-state index contributed by atoms with van der Waals surface area (Å²) in [6.45, 7) is 0. The van der Waals surface area contributed by atoms with E-state index < -0.39 is 5.54 Å². The van der Waals surface area contributed by atoms with Crippen molar-refractivity contribution in [2.75, 3.05) is 12.4 Å². The Bertz CT molecular complexity index is 475. The van der Waals surface area contributed by atoms with Crippen LogP contribution in [0.25, 0.3) is 0 Å². The average Bonchev–Trinajstić information content (AvgIpc) is 2.97. The van der Waals surface area contributed by atoms with Gasteiger partial charge in [0.2, 0.25) is 5.91 Å².